The SMILES string of the molecule is CC(=O)OCC(=O)[C@@]1(O)[C@@H](C)C[C@@H]2[C@@H]3CCC4=CC(=O)C=C[C@]4(C)C3=CC[C@]21C. The second-order valence-corrected chi connectivity index (χ2v) is 9.75. The van der Waals surface area contributed by atoms with Crippen LogP contribution in [0.3, 0.4) is 0 Å². The number of esters is 1. The van der Waals surface area contributed by atoms with Crippen molar-refractivity contribution in [2.24, 2.45) is 28.6 Å². The molecule has 0 heterocycles. The van der Waals surface area contributed by atoms with Crippen molar-refractivity contribution in [3.8, 4) is 0 Å². The fourth-order valence-electron chi connectivity index (χ4n) is 6.74. The van der Waals surface area contributed by atoms with Crippen LogP contribution in [-0.4, -0.2) is 34.9 Å². The molecule has 5 heteroatoms. The number of fused-ring (bicyclic) bond motifs is 5. The van der Waals surface area contributed by atoms with E-state index in [4.69, 9.17) is 4.74 Å². The van der Waals surface area contributed by atoms with E-state index < -0.39 is 22.8 Å². The molecule has 0 saturated heterocycles. The Kier molecular flexibility index (Phi) is 4.54. The number of carbonyl (C=O) groups excluding carboxylic acids is 3. The number of carbonyl (C=O) groups is 3. The normalized spacial score (nSPS) is 42.9. The molecule has 0 aliphatic heterocycles. The highest BCUT2D eigenvalue weighted by atomic mass is 16.5. The first-order chi connectivity index (χ1) is 13.5. The van der Waals surface area contributed by atoms with Crippen molar-refractivity contribution in [3.63, 3.8) is 0 Å². The summed E-state index contributed by atoms with van der Waals surface area (Å²) in [4.78, 5) is 36.1. The number of hydrogen-bond donors (Lipinski definition) is 1. The van der Waals surface area contributed by atoms with E-state index in [2.05, 4.69) is 13.0 Å². The number of hydrogen-bond acceptors (Lipinski definition) is 5. The van der Waals surface area contributed by atoms with E-state index >= 15 is 0 Å². The smallest absolute Gasteiger partial charge is 0.303 e. The number of aliphatic hydroxyl groups is 1. The first kappa shape index (κ1) is 20.3. The lowest BCUT2D eigenvalue weighted by Gasteiger charge is -2.53. The molecule has 4 aliphatic carbocycles. The molecule has 0 spiro atoms. The number of rotatable bonds is 3. The number of allylic oxidation sites excluding steroid dienone is 6. The quantitative estimate of drug-likeness (QED) is 0.583. The summed E-state index contributed by atoms with van der Waals surface area (Å²) >= 11 is 0. The molecule has 6 atom stereocenters. The zero-order chi connectivity index (χ0) is 21.2. The third-order valence-electron chi connectivity index (χ3n) is 8.36. The van der Waals surface area contributed by atoms with Gasteiger partial charge in [0.05, 0.1) is 0 Å². The number of ketones is 2. The Hall–Kier alpha value is -2.01. The molecule has 2 saturated carbocycles. The van der Waals surface area contributed by atoms with Gasteiger partial charge in [0.25, 0.3) is 0 Å². The molecular formula is C24H30O5. The number of Topliss-reactive ketones (excluding diaryl/α,β-unsaturated/α-hetero) is 1. The molecule has 1 N–H and O–H groups in total. The molecule has 5 nitrogen and oxygen atoms in total. The van der Waals surface area contributed by atoms with Gasteiger partial charge >= 0.3 is 5.97 Å². The highest BCUT2D eigenvalue weighted by Gasteiger charge is 2.67. The Morgan fingerprint density at radius 1 is 1.31 bits per heavy atom. The summed E-state index contributed by atoms with van der Waals surface area (Å²) in [7, 11) is 0. The molecule has 2 fully saturated rings. The van der Waals surface area contributed by atoms with E-state index in [0.717, 1.165) is 19.3 Å². The summed E-state index contributed by atoms with van der Waals surface area (Å²) in [5.74, 6) is -0.621. The average molecular weight is 398 g/mol. The maximum absolute atomic E-state index is 13.0. The lowest BCUT2D eigenvalue weighted by atomic mass is 9.51. The summed E-state index contributed by atoms with van der Waals surface area (Å²) in [6.07, 6.45) is 10.8. The van der Waals surface area contributed by atoms with Gasteiger partial charge in [-0.05, 0) is 62.5 Å². The molecular weight excluding hydrogens is 368 g/mol. The molecule has 0 amide bonds. The van der Waals surface area contributed by atoms with Crippen molar-refractivity contribution in [2.45, 2.75) is 59.0 Å². The lowest BCUT2D eigenvalue weighted by molar-refractivity contribution is -0.167. The van der Waals surface area contributed by atoms with E-state index in [1.807, 2.05) is 19.9 Å². The lowest BCUT2D eigenvalue weighted by Crippen LogP contribution is -2.57. The van der Waals surface area contributed by atoms with E-state index in [0.29, 0.717) is 6.42 Å². The van der Waals surface area contributed by atoms with Gasteiger partial charge in [-0.15, -0.1) is 0 Å². The van der Waals surface area contributed by atoms with Gasteiger partial charge in [-0.2, -0.15) is 0 Å². The summed E-state index contributed by atoms with van der Waals surface area (Å²) in [6.45, 7) is 7.03. The Bertz CT molecular complexity index is 880. The molecule has 29 heavy (non-hydrogen) atoms. The van der Waals surface area contributed by atoms with Crippen molar-refractivity contribution < 1.29 is 24.2 Å². The van der Waals surface area contributed by atoms with Crippen LogP contribution in [0.2, 0.25) is 0 Å². The van der Waals surface area contributed by atoms with Crippen molar-refractivity contribution in [2.75, 3.05) is 6.61 Å². The molecule has 4 aliphatic rings. The Balaban J connectivity index is 1.71. The molecule has 0 radical (unpaired) electrons. The standard InChI is InChI=1S/C24H30O5/c1-14-11-20-18-6-5-16-12-17(26)7-9-22(16,3)19(18)8-10-23(20,4)24(14,28)21(27)13-29-15(2)25/h7-9,12,14,18,20,28H,5-6,10-11,13H2,1-4H3/t14-,18+,20+,22-,23+,24-/m0/s1. The van der Waals surface area contributed by atoms with Gasteiger partial charge in [0, 0.05) is 17.8 Å². The summed E-state index contributed by atoms with van der Waals surface area (Å²) < 4.78 is 4.95. The van der Waals surface area contributed by atoms with E-state index in [1.54, 1.807) is 12.2 Å². The monoisotopic (exact) mass is 398 g/mol. The Morgan fingerprint density at radius 2 is 2.03 bits per heavy atom. The predicted molar refractivity (Wildman–Crippen MR) is 108 cm³/mol. The van der Waals surface area contributed by atoms with Gasteiger partial charge in [-0.3, -0.25) is 14.4 Å². The zero-order valence-corrected chi connectivity index (χ0v) is 17.7. The fourth-order valence-corrected chi connectivity index (χ4v) is 6.74. The van der Waals surface area contributed by atoms with Crippen LogP contribution in [0.5, 0.6) is 0 Å². The molecule has 0 aromatic rings. The molecule has 0 bridgehead atoms. The minimum absolute atomic E-state index is 0.0529. The summed E-state index contributed by atoms with van der Waals surface area (Å²) in [6, 6.07) is 0. The summed E-state index contributed by atoms with van der Waals surface area (Å²) in [5, 5.41) is 11.7. The predicted octanol–water partition coefficient (Wildman–Crippen LogP) is 3.32. The van der Waals surface area contributed by atoms with Crippen LogP contribution in [-0.2, 0) is 19.1 Å². The van der Waals surface area contributed by atoms with Crippen molar-refractivity contribution in [1.29, 1.82) is 0 Å². The second-order valence-electron chi connectivity index (χ2n) is 9.75. The number of ether oxygens (including phenoxy) is 1. The zero-order valence-electron chi connectivity index (χ0n) is 17.7. The molecule has 4 rings (SSSR count). The van der Waals surface area contributed by atoms with Crippen LogP contribution in [0.25, 0.3) is 0 Å². The molecule has 0 unspecified atom stereocenters. The fraction of sp³-hybridized carbons (Fsp3) is 0.625. The first-order valence-corrected chi connectivity index (χ1v) is 10.6. The summed E-state index contributed by atoms with van der Waals surface area (Å²) in [5.41, 5.74) is 0.145. The van der Waals surface area contributed by atoms with Crippen LogP contribution in [0, 0.1) is 28.6 Å². The van der Waals surface area contributed by atoms with Gasteiger partial charge in [0.2, 0.25) is 5.78 Å². The maximum atomic E-state index is 13.0. The largest absolute Gasteiger partial charge is 0.458 e. The van der Waals surface area contributed by atoms with E-state index in [9.17, 15) is 19.5 Å². The van der Waals surface area contributed by atoms with Crippen LogP contribution < -0.4 is 0 Å². The van der Waals surface area contributed by atoms with Gasteiger partial charge in [-0.25, -0.2) is 0 Å². The van der Waals surface area contributed by atoms with Gasteiger partial charge < -0.3 is 9.84 Å². The van der Waals surface area contributed by atoms with Crippen LogP contribution >= 0.6 is 0 Å². The molecule has 0 aromatic carbocycles. The highest BCUT2D eigenvalue weighted by molar-refractivity contribution is 6.01. The molecule has 0 aromatic heterocycles. The second kappa shape index (κ2) is 6.49. The maximum Gasteiger partial charge on any atom is 0.303 e. The van der Waals surface area contributed by atoms with E-state index in [-0.39, 0.29) is 35.6 Å². The molecule has 156 valence electrons. The van der Waals surface area contributed by atoms with Crippen molar-refractivity contribution in [1.82, 2.24) is 0 Å². The van der Waals surface area contributed by atoms with E-state index in [1.165, 1.54) is 18.1 Å². The van der Waals surface area contributed by atoms with Crippen molar-refractivity contribution in [3.05, 3.63) is 35.5 Å². The van der Waals surface area contributed by atoms with Crippen LogP contribution in [0.1, 0.15) is 53.4 Å². The minimum Gasteiger partial charge on any atom is -0.458 e. The average Bonchev–Trinajstić information content (AvgIpc) is 2.88. The Labute approximate surface area is 171 Å². The first-order valence-electron chi connectivity index (χ1n) is 10.6. The van der Waals surface area contributed by atoms with Crippen LogP contribution in [0.4, 0.5) is 0 Å². The third kappa shape index (κ3) is 2.66. The van der Waals surface area contributed by atoms with Crippen LogP contribution in [0.15, 0.2) is 35.5 Å². The third-order valence-corrected chi connectivity index (χ3v) is 8.36. The topological polar surface area (TPSA) is 80.7 Å². The van der Waals surface area contributed by atoms with Gasteiger partial charge in [0.1, 0.15) is 5.60 Å². The van der Waals surface area contributed by atoms with Crippen molar-refractivity contribution >= 4 is 17.5 Å². The van der Waals surface area contributed by atoms with Gasteiger partial charge in [0.15, 0.2) is 12.4 Å². The highest BCUT2D eigenvalue weighted by Crippen LogP contribution is 2.66. The Morgan fingerprint density at radius 3 is 2.72 bits per heavy atom. The minimum atomic E-state index is -1.51. The van der Waals surface area contributed by atoms with Gasteiger partial charge in [-0.1, -0.05) is 37.1 Å².